The smallest absolute Gasteiger partial charge is 0.151 e. The first-order chi connectivity index (χ1) is 11.6. The fourth-order valence-corrected chi connectivity index (χ4v) is 6.61. The van der Waals surface area contributed by atoms with E-state index in [-0.39, 0.29) is 10.8 Å². The molecule has 3 nitrogen and oxygen atoms in total. The zero-order valence-corrected chi connectivity index (χ0v) is 17.0. The van der Waals surface area contributed by atoms with Crippen molar-refractivity contribution in [2.45, 2.75) is 64.8 Å². The molecule has 0 aliphatic carbocycles. The van der Waals surface area contributed by atoms with Crippen LogP contribution in [0.2, 0.25) is 0 Å². The molecule has 0 amide bonds. The molecule has 0 bridgehead atoms. The Morgan fingerprint density at radius 3 is 2.40 bits per heavy atom. The molecule has 4 heteroatoms. The van der Waals surface area contributed by atoms with Crippen LogP contribution in [0.15, 0.2) is 24.3 Å². The topological polar surface area (TPSA) is 37.4 Å². The van der Waals surface area contributed by atoms with Gasteiger partial charge in [0.2, 0.25) is 0 Å². The van der Waals surface area contributed by atoms with Gasteiger partial charge in [-0.3, -0.25) is 0 Å². The molecule has 0 saturated carbocycles. The van der Waals surface area contributed by atoms with Crippen molar-refractivity contribution in [2.24, 2.45) is 5.41 Å². The van der Waals surface area contributed by atoms with Crippen molar-refractivity contribution in [3.05, 3.63) is 35.4 Å². The Kier molecular flexibility index (Phi) is 5.06. The molecule has 1 atom stereocenters. The monoisotopic (exact) mass is 363 g/mol. The normalized spacial score (nSPS) is 23.5. The third-order valence-corrected chi connectivity index (χ3v) is 8.72. The number of aryl methyl sites for hydroxylation is 1. The second-order valence-electron chi connectivity index (χ2n) is 9.07. The molecule has 0 N–H and O–H groups in total. The number of likely N-dealkylation sites (tertiary alicyclic amines) is 1. The van der Waals surface area contributed by atoms with Crippen molar-refractivity contribution in [3.63, 3.8) is 0 Å². The van der Waals surface area contributed by atoms with Crippen LogP contribution in [0.4, 0.5) is 0 Å². The average Bonchev–Trinajstić information content (AvgIpc) is 2.96. The van der Waals surface area contributed by atoms with Gasteiger partial charge >= 0.3 is 0 Å². The Balaban J connectivity index is 1.51. The lowest BCUT2D eigenvalue weighted by molar-refractivity contribution is 0.216. The van der Waals surface area contributed by atoms with E-state index in [1.807, 2.05) is 0 Å². The van der Waals surface area contributed by atoms with Crippen molar-refractivity contribution in [3.8, 4) is 0 Å². The van der Waals surface area contributed by atoms with E-state index in [4.69, 9.17) is 0 Å². The van der Waals surface area contributed by atoms with Crippen LogP contribution in [0.5, 0.6) is 0 Å². The molecular formula is C21H33NO2S. The summed E-state index contributed by atoms with van der Waals surface area (Å²) in [5.74, 6) is 0.829. The molecule has 1 aromatic rings. The molecule has 140 valence electrons. The van der Waals surface area contributed by atoms with Crippen molar-refractivity contribution < 1.29 is 8.42 Å². The summed E-state index contributed by atoms with van der Waals surface area (Å²) >= 11 is 0. The predicted octanol–water partition coefficient (Wildman–Crippen LogP) is 3.82. The maximum Gasteiger partial charge on any atom is 0.151 e. The quantitative estimate of drug-likeness (QED) is 0.771. The van der Waals surface area contributed by atoms with E-state index in [2.05, 4.69) is 56.9 Å². The van der Waals surface area contributed by atoms with Gasteiger partial charge in [0, 0.05) is 18.0 Å². The second kappa shape index (κ2) is 6.70. The van der Waals surface area contributed by atoms with Gasteiger partial charge in [0.25, 0.3) is 0 Å². The fourth-order valence-electron chi connectivity index (χ4n) is 4.36. The van der Waals surface area contributed by atoms with Gasteiger partial charge in [-0.1, -0.05) is 45.0 Å². The van der Waals surface area contributed by atoms with E-state index in [0.717, 1.165) is 38.8 Å². The van der Waals surface area contributed by atoms with Gasteiger partial charge in [-0.25, -0.2) is 8.42 Å². The Bertz CT molecular complexity index is 694. The van der Waals surface area contributed by atoms with Gasteiger partial charge in [-0.05, 0) is 55.7 Å². The summed E-state index contributed by atoms with van der Waals surface area (Å²) in [6.07, 6.45) is 4.43. The minimum atomic E-state index is -2.72. The number of hydrogen-bond acceptors (Lipinski definition) is 3. The largest absolute Gasteiger partial charge is 0.300 e. The molecule has 1 aromatic carbocycles. The third-order valence-electron chi connectivity index (χ3n) is 6.61. The van der Waals surface area contributed by atoms with Crippen LogP contribution in [-0.2, 0) is 21.7 Å². The van der Waals surface area contributed by atoms with Crippen LogP contribution in [-0.4, -0.2) is 44.0 Å². The number of rotatable bonds is 6. The van der Waals surface area contributed by atoms with Gasteiger partial charge in [-0.15, -0.1) is 0 Å². The van der Waals surface area contributed by atoms with Crippen LogP contribution in [0.3, 0.4) is 0 Å². The van der Waals surface area contributed by atoms with Gasteiger partial charge in [0.1, 0.15) is 0 Å². The molecule has 0 aromatic heterocycles. The maximum absolute atomic E-state index is 11.5. The number of sulfone groups is 1. The van der Waals surface area contributed by atoms with Crippen LogP contribution < -0.4 is 0 Å². The minimum absolute atomic E-state index is 0.0838. The van der Waals surface area contributed by atoms with E-state index >= 15 is 0 Å². The van der Waals surface area contributed by atoms with Crippen molar-refractivity contribution >= 4 is 9.84 Å². The lowest BCUT2D eigenvalue weighted by Gasteiger charge is -2.38. The second-order valence-corrected chi connectivity index (χ2v) is 11.1. The number of nitrogens with zero attached hydrogens (tertiary/aromatic N) is 1. The van der Waals surface area contributed by atoms with Crippen molar-refractivity contribution in [1.82, 2.24) is 4.90 Å². The molecule has 3 rings (SSSR count). The highest BCUT2D eigenvalue weighted by Crippen LogP contribution is 2.42. The van der Waals surface area contributed by atoms with Crippen molar-refractivity contribution in [1.29, 1.82) is 0 Å². The molecule has 2 aliphatic rings. The highest BCUT2D eigenvalue weighted by atomic mass is 32.2. The highest BCUT2D eigenvalue weighted by Gasteiger charge is 2.52. The SMILES string of the molecule is CCC(C)(C)c1ccc(CCC(C)N2CCC3(C2)CS(=O)(=O)C3)cc1. The van der Waals surface area contributed by atoms with Gasteiger partial charge < -0.3 is 4.90 Å². The van der Waals surface area contributed by atoms with Gasteiger partial charge in [0.15, 0.2) is 9.84 Å². The van der Waals surface area contributed by atoms with E-state index < -0.39 is 9.84 Å². The maximum atomic E-state index is 11.5. The summed E-state index contributed by atoms with van der Waals surface area (Å²) in [4.78, 5) is 2.50. The third kappa shape index (κ3) is 4.11. The number of hydrogen-bond donors (Lipinski definition) is 0. The molecule has 2 saturated heterocycles. The molecule has 2 aliphatic heterocycles. The van der Waals surface area contributed by atoms with Crippen LogP contribution in [0.1, 0.15) is 58.1 Å². The zero-order chi connectivity index (χ0) is 18.3. The summed E-state index contributed by atoms with van der Waals surface area (Å²) in [6, 6.07) is 9.66. The molecule has 1 unspecified atom stereocenters. The minimum Gasteiger partial charge on any atom is -0.300 e. The van der Waals surface area contributed by atoms with Gasteiger partial charge in [-0.2, -0.15) is 0 Å². The number of benzene rings is 1. The molecule has 25 heavy (non-hydrogen) atoms. The summed E-state index contributed by atoms with van der Waals surface area (Å²) in [5, 5.41) is 0. The lowest BCUT2D eigenvalue weighted by Crippen LogP contribution is -2.50. The molecule has 2 heterocycles. The van der Waals surface area contributed by atoms with Crippen LogP contribution in [0, 0.1) is 5.41 Å². The average molecular weight is 364 g/mol. The highest BCUT2D eigenvalue weighted by molar-refractivity contribution is 7.92. The van der Waals surface area contributed by atoms with E-state index in [9.17, 15) is 8.42 Å². The van der Waals surface area contributed by atoms with Gasteiger partial charge in [0.05, 0.1) is 11.5 Å². The first-order valence-electron chi connectivity index (χ1n) is 9.69. The Morgan fingerprint density at radius 1 is 1.20 bits per heavy atom. The first kappa shape index (κ1) is 18.9. The van der Waals surface area contributed by atoms with Crippen LogP contribution >= 0.6 is 0 Å². The first-order valence-corrected chi connectivity index (χ1v) is 11.5. The molecule has 0 radical (unpaired) electrons. The zero-order valence-electron chi connectivity index (χ0n) is 16.2. The summed E-state index contributed by atoms with van der Waals surface area (Å²) < 4.78 is 23.1. The van der Waals surface area contributed by atoms with E-state index in [1.54, 1.807) is 0 Å². The molecular weight excluding hydrogens is 330 g/mol. The molecule has 1 spiro atoms. The van der Waals surface area contributed by atoms with Crippen molar-refractivity contribution in [2.75, 3.05) is 24.6 Å². The summed E-state index contributed by atoms with van der Waals surface area (Å²) in [5.41, 5.74) is 3.15. The lowest BCUT2D eigenvalue weighted by atomic mass is 9.82. The Morgan fingerprint density at radius 2 is 1.84 bits per heavy atom. The van der Waals surface area contributed by atoms with E-state index in [0.29, 0.717) is 17.5 Å². The molecule has 2 fully saturated rings. The predicted molar refractivity (Wildman–Crippen MR) is 105 cm³/mol. The Labute approximate surface area is 153 Å². The summed E-state index contributed by atoms with van der Waals surface area (Å²) in [7, 11) is -2.72. The Hall–Kier alpha value is -0.870. The summed E-state index contributed by atoms with van der Waals surface area (Å²) in [6.45, 7) is 11.2. The van der Waals surface area contributed by atoms with Crippen LogP contribution in [0.25, 0.3) is 0 Å². The standard InChI is InChI=1S/C21H33NO2S/c1-5-20(3,4)19-10-8-18(9-11-19)7-6-17(2)22-13-12-21(14-22)15-25(23,24)16-21/h8-11,17H,5-7,12-16H2,1-4H3. The fraction of sp³-hybridized carbons (Fsp3) is 0.714. The van der Waals surface area contributed by atoms with E-state index in [1.165, 1.54) is 11.1 Å².